The van der Waals surface area contributed by atoms with Crippen LogP contribution in [0, 0.1) is 18.7 Å². The Hall–Kier alpha value is -2.89. The molecule has 0 aromatic heterocycles. The molecule has 0 N–H and O–H groups in total. The van der Waals surface area contributed by atoms with E-state index in [1.165, 1.54) is 22.2 Å². The number of rotatable bonds is 3. The molecule has 0 bridgehead atoms. The van der Waals surface area contributed by atoms with Crippen LogP contribution in [0.4, 0.5) is 15.8 Å². The summed E-state index contributed by atoms with van der Waals surface area (Å²) in [5.41, 5.74) is 2.65. The average Bonchev–Trinajstić information content (AvgIpc) is 3.09. The molecule has 146 valence electrons. The Kier molecular flexibility index (Phi) is 5.03. The van der Waals surface area contributed by atoms with Crippen molar-refractivity contribution in [1.82, 2.24) is 4.90 Å². The van der Waals surface area contributed by atoms with Crippen LogP contribution in [0.5, 0.6) is 0 Å². The van der Waals surface area contributed by atoms with Crippen LogP contribution < -0.4 is 9.80 Å². The van der Waals surface area contributed by atoms with Gasteiger partial charge in [0.15, 0.2) is 0 Å². The van der Waals surface area contributed by atoms with Crippen LogP contribution in [0.2, 0.25) is 0 Å². The third-order valence-electron chi connectivity index (χ3n) is 5.58. The van der Waals surface area contributed by atoms with E-state index >= 15 is 0 Å². The van der Waals surface area contributed by atoms with Crippen molar-refractivity contribution in [3.05, 3.63) is 59.9 Å². The molecule has 2 aliphatic heterocycles. The van der Waals surface area contributed by atoms with Crippen molar-refractivity contribution in [2.75, 3.05) is 42.5 Å². The van der Waals surface area contributed by atoms with Crippen molar-refractivity contribution in [3.63, 3.8) is 0 Å². The highest BCUT2D eigenvalue weighted by atomic mass is 19.1. The van der Waals surface area contributed by atoms with Crippen LogP contribution in [0.3, 0.4) is 0 Å². The van der Waals surface area contributed by atoms with Crippen molar-refractivity contribution < 1.29 is 14.0 Å². The smallest absolute Gasteiger partial charge is 0.228 e. The van der Waals surface area contributed by atoms with Crippen molar-refractivity contribution in [2.24, 2.45) is 5.92 Å². The summed E-state index contributed by atoms with van der Waals surface area (Å²) in [7, 11) is 0. The highest BCUT2D eigenvalue weighted by Gasteiger charge is 2.38. The van der Waals surface area contributed by atoms with E-state index in [9.17, 15) is 14.0 Å². The van der Waals surface area contributed by atoms with Crippen LogP contribution in [0.15, 0.2) is 48.5 Å². The molecule has 28 heavy (non-hydrogen) atoms. The first-order valence-corrected chi connectivity index (χ1v) is 9.68. The maximum atomic E-state index is 14.0. The first-order chi connectivity index (χ1) is 13.5. The average molecular weight is 381 g/mol. The van der Waals surface area contributed by atoms with Crippen LogP contribution in [0.1, 0.15) is 12.0 Å². The van der Waals surface area contributed by atoms with Gasteiger partial charge in [0.05, 0.1) is 11.6 Å². The van der Waals surface area contributed by atoms with Gasteiger partial charge in [0.25, 0.3) is 0 Å². The van der Waals surface area contributed by atoms with Gasteiger partial charge in [-0.1, -0.05) is 24.3 Å². The second-order valence-corrected chi connectivity index (χ2v) is 7.51. The van der Waals surface area contributed by atoms with Crippen molar-refractivity contribution >= 4 is 23.2 Å². The maximum absolute atomic E-state index is 14.0. The summed E-state index contributed by atoms with van der Waals surface area (Å²) in [4.78, 5) is 30.8. The molecule has 2 aromatic carbocycles. The molecular formula is C22H24FN3O2. The predicted molar refractivity (Wildman–Crippen MR) is 107 cm³/mol. The van der Waals surface area contributed by atoms with Gasteiger partial charge in [-0.2, -0.15) is 0 Å². The lowest BCUT2D eigenvalue weighted by Gasteiger charge is -2.37. The molecule has 2 saturated heterocycles. The van der Waals surface area contributed by atoms with Gasteiger partial charge in [0, 0.05) is 44.8 Å². The van der Waals surface area contributed by atoms with E-state index in [0.717, 1.165) is 13.1 Å². The molecule has 2 fully saturated rings. The zero-order valence-corrected chi connectivity index (χ0v) is 16.0. The number of carbonyl (C=O) groups excluding carboxylic acids is 2. The summed E-state index contributed by atoms with van der Waals surface area (Å²) in [6.45, 7) is 5.13. The Morgan fingerprint density at radius 3 is 2.50 bits per heavy atom. The van der Waals surface area contributed by atoms with E-state index in [2.05, 4.69) is 30.0 Å². The number of carbonyl (C=O) groups is 2. The standard InChI is InChI=1S/C22H24FN3O2/c1-16-5-4-6-18(13-16)24-9-11-25(12-10-24)22(28)17-14-21(27)26(15-17)20-8-3-2-7-19(20)23/h2-8,13,17H,9-12,14-15H2,1H3/t17-/m1/s1. The van der Waals surface area contributed by atoms with E-state index in [-0.39, 0.29) is 30.5 Å². The first kappa shape index (κ1) is 18.5. The Morgan fingerprint density at radius 2 is 1.79 bits per heavy atom. The molecule has 1 atom stereocenters. The summed E-state index contributed by atoms with van der Waals surface area (Å²) in [6, 6.07) is 14.6. The minimum Gasteiger partial charge on any atom is -0.368 e. The largest absolute Gasteiger partial charge is 0.368 e. The summed E-state index contributed by atoms with van der Waals surface area (Å²) in [5.74, 6) is -1.04. The van der Waals surface area contributed by atoms with E-state index in [1.807, 2.05) is 11.0 Å². The number of benzene rings is 2. The Balaban J connectivity index is 1.38. The summed E-state index contributed by atoms with van der Waals surface area (Å²) in [6.07, 6.45) is 0.144. The zero-order valence-electron chi connectivity index (χ0n) is 16.0. The fourth-order valence-corrected chi connectivity index (χ4v) is 4.04. The van der Waals surface area contributed by atoms with Crippen LogP contribution in [-0.4, -0.2) is 49.4 Å². The number of anilines is 2. The van der Waals surface area contributed by atoms with Crippen LogP contribution in [0.25, 0.3) is 0 Å². The molecule has 0 spiro atoms. The number of nitrogens with zero attached hydrogens (tertiary/aromatic N) is 3. The molecule has 2 amide bonds. The number of amides is 2. The molecule has 0 unspecified atom stereocenters. The minimum atomic E-state index is -0.435. The Labute approximate surface area is 164 Å². The number of halogens is 1. The third-order valence-corrected chi connectivity index (χ3v) is 5.58. The van der Waals surface area contributed by atoms with Crippen LogP contribution >= 0.6 is 0 Å². The first-order valence-electron chi connectivity index (χ1n) is 9.68. The topological polar surface area (TPSA) is 43.9 Å². The summed E-state index contributed by atoms with van der Waals surface area (Å²) < 4.78 is 14.0. The maximum Gasteiger partial charge on any atom is 0.228 e. The highest BCUT2D eigenvalue weighted by Crippen LogP contribution is 2.28. The molecule has 0 saturated carbocycles. The van der Waals surface area contributed by atoms with Gasteiger partial charge in [0.2, 0.25) is 11.8 Å². The molecule has 0 radical (unpaired) electrons. The van der Waals surface area contributed by atoms with Crippen molar-refractivity contribution in [2.45, 2.75) is 13.3 Å². The van der Waals surface area contributed by atoms with E-state index in [0.29, 0.717) is 13.1 Å². The number of hydrogen-bond donors (Lipinski definition) is 0. The second-order valence-electron chi connectivity index (χ2n) is 7.51. The fraction of sp³-hybridized carbons (Fsp3) is 0.364. The predicted octanol–water partition coefficient (Wildman–Crippen LogP) is 2.84. The summed E-state index contributed by atoms with van der Waals surface area (Å²) >= 11 is 0. The molecule has 5 nitrogen and oxygen atoms in total. The van der Waals surface area contributed by atoms with Gasteiger partial charge in [-0.3, -0.25) is 9.59 Å². The van der Waals surface area contributed by atoms with Gasteiger partial charge in [-0.15, -0.1) is 0 Å². The van der Waals surface area contributed by atoms with Crippen LogP contribution in [-0.2, 0) is 9.59 Å². The molecule has 2 aromatic rings. The SMILES string of the molecule is Cc1cccc(N2CCN(C(=O)[C@@H]3CC(=O)N(c4ccccc4F)C3)CC2)c1. The van der Waals surface area contributed by atoms with E-state index < -0.39 is 11.7 Å². The quantitative estimate of drug-likeness (QED) is 0.821. The minimum absolute atomic E-state index is 0.00363. The molecule has 4 rings (SSSR count). The lowest BCUT2D eigenvalue weighted by molar-refractivity contribution is -0.136. The monoisotopic (exact) mass is 381 g/mol. The highest BCUT2D eigenvalue weighted by molar-refractivity contribution is 6.00. The Bertz CT molecular complexity index is 893. The molecular weight excluding hydrogens is 357 g/mol. The number of aryl methyl sites for hydroxylation is 1. The molecule has 6 heteroatoms. The Morgan fingerprint density at radius 1 is 1.04 bits per heavy atom. The molecule has 2 aliphatic rings. The number of hydrogen-bond acceptors (Lipinski definition) is 3. The third kappa shape index (κ3) is 3.59. The van der Waals surface area contributed by atoms with Gasteiger partial charge < -0.3 is 14.7 Å². The molecule has 2 heterocycles. The molecule has 0 aliphatic carbocycles. The number of piperazine rings is 1. The van der Waals surface area contributed by atoms with E-state index in [1.54, 1.807) is 18.2 Å². The van der Waals surface area contributed by atoms with Crippen molar-refractivity contribution in [1.29, 1.82) is 0 Å². The van der Waals surface area contributed by atoms with E-state index in [4.69, 9.17) is 0 Å². The van der Waals surface area contributed by atoms with Gasteiger partial charge in [0.1, 0.15) is 5.82 Å². The van der Waals surface area contributed by atoms with Gasteiger partial charge >= 0.3 is 0 Å². The second kappa shape index (κ2) is 7.62. The number of para-hydroxylation sites is 1. The van der Waals surface area contributed by atoms with Gasteiger partial charge in [-0.05, 0) is 36.8 Å². The summed E-state index contributed by atoms with van der Waals surface area (Å²) in [5, 5.41) is 0. The normalized spacial score (nSPS) is 20.0. The van der Waals surface area contributed by atoms with Crippen molar-refractivity contribution in [3.8, 4) is 0 Å². The fourth-order valence-electron chi connectivity index (χ4n) is 4.04. The van der Waals surface area contributed by atoms with Gasteiger partial charge in [-0.25, -0.2) is 4.39 Å². The lowest BCUT2D eigenvalue weighted by Crippen LogP contribution is -2.50. The lowest BCUT2D eigenvalue weighted by atomic mass is 10.1. The zero-order chi connectivity index (χ0) is 19.7.